The van der Waals surface area contributed by atoms with Crippen LogP contribution in [0.4, 0.5) is 4.39 Å². The number of aromatic nitrogens is 4. The van der Waals surface area contributed by atoms with Gasteiger partial charge in [-0.2, -0.15) is 0 Å². The van der Waals surface area contributed by atoms with Crippen molar-refractivity contribution in [3.05, 3.63) is 83.6 Å². The third-order valence-corrected chi connectivity index (χ3v) is 4.67. The Labute approximate surface area is 158 Å². The van der Waals surface area contributed by atoms with Gasteiger partial charge in [-0.25, -0.2) is 9.37 Å². The van der Waals surface area contributed by atoms with Crippen molar-refractivity contribution in [3.8, 4) is 22.6 Å². The summed E-state index contributed by atoms with van der Waals surface area (Å²) in [5, 5.41) is 9.35. The van der Waals surface area contributed by atoms with Crippen molar-refractivity contribution in [2.24, 2.45) is 0 Å². The van der Waals surface area contributed by atoms with Crippen LogP contribution in [0.15, 0.2) is 72.8 Å². The van der Waals surface area contributed by atoms with Crippen molar-refractivity contribution in [1.82, 2.24) is 19.6 Å². The van der Waals surface area contributed by atoms with E-state index in [2.05, 4.69) is 10.2 Å². The van der Waals surface area contributed by atoms with Crippen LogP contribution in [0.1, 0.15) is 0 Å². The largest absolute Gasteiger partial charge is 0.271 e. The standard InChI is InChI=1S/C21H12ClFN4/c22-15-8-11-17-18(12-15)27-20(14-6-9-16(23)10-7-14)25-26-21(27)19(24-17)13-4-2-1-3-5-13/h1-12H. The molecule has 5 rings (SSSR count). The summed E-state index contributed by atoms with van der Waals surface area (Å²) < 4.78 is 15.3. The van der Waals surface area contributed by atoms with E-state index in [1.54, 1.807) is 18.2 Å². The molecule has 0 radical (unpaired) electrons. The molecule has 0 bridgehead atoms. The third kappa shape index (κ3) is 2.64. The summed E-state index contributed by atoms with van der Waals surface area (Å²) in [6.07, 6.45) is 0. The van der Waals surface area contributed by atoms with Crippen molar-refractivity contribution in [2.75, 3.05) is 0 Å². The summed E-state index contributed by atoms with van der Waals surface area (Å²) >= 11 is 6.23. The van der Waals surface area contributed by atoms with E-state index in [0.29, 0.717) is 16.5 Å². The second-order valence-electron chi connectivity index (χ2n) is 6.15. The van der Waals surface area contributed by atoms with E-state index in [9.17, 15) is 4.39 Å². The van der Waals surface area contributed by atoms with Gasteiger partial charge in [0, 0.05) is 16.1 Å². The highest BCUT2D eigenvalue weighted by atomic mass is 35.5. The predicted molar refractivity (Wildman–Crippen MR) is 104 cm³/mol. The van der Waals surface area contributed by atoms with Crippen LogP contribution in [0.3, 0.4) is 0 Å². The molecule has 0 atom stereocenters. The van der Waals surface area contributed by atoms with Gasteiger partial charge in [-0.15, -0.1) is 10.2 Å². The third-order valence-electron chi connectivity index (χ3n) is 4.44. The van der Waals surface area contributed by atoms with E-state index >= 15 is 0 Å². The maximum Gasteiger partial charge on any atom is 0.188 e. The van der Waals surface area contributed by atoms with Crippen LogP contribution in [0.5, 0.6) is 0 Å². The van der Waals surface area contributed by atoms with Gasteiger partial charge in [0.15, 0.2) is 11.5 Å². The van der Waals surface area contributed by atoms with Crippen molar-refractivity contribution < 1.29 is 4.39 Å². The van der Waals surface area contributed by atoms with Crippen LogP contribution in [-0.2, 0) is 0 Å². The summed E-state index contributed by atoms with van der Waals surface area (Å²) in [7, 11) is 0. The van der Waals surface area contributed by atoms with Crippen LogP contribution in [0.25, 0.3) is 39.3 Å². The van der Waals surface area contributed by atoms with Gasteiger partial charge >= 0.3 is 0 Å². The first kappa shape index (κ1) is 15.9. The zero-order valence-electron chi connectivity index (χ0n) is 14.0. The molecular weight excluding hydrogens is 363 g/mol. The van der Waals surface area contributed by atoms with Gasteiger partial charge in [-0.1, -0.05) is 41.9 Å². The number of fused-ring (bicyclic) bond motifs is 3. The number of hydrogen-bond donors (Lipinski definition) is 0. The molecule has 6 heteroatoms. The van der Waals surface area contributed by atoms with Gasteiger partial charge in [-0.3, -0.25) is 4.40 Å². The lowest BCUT2D eigenvalue weighted by Gasteiger charge is -2.09. The maximum absolute atomic E-state index is 13.4. The zero-order valence-corrected chi connectivity index (χ0v) is 14.7. The van der Waals surface area contributed by atoms with E-state index in [1.807, 2.05) is 46.9 Å². The molecule has 0 saturated carbocycles. The number of rotatable bonds is 2. The smallest absolute Gasteiger partial charge is 0.188 e. The fourth-order valence-corrected chi connectivity index (χ4v) is 3.35. The highest BCUT2D eigenvalue weighted by Crippen LogP contribution is 2.30. The van der Waals surface area contributed by atoms with Gasteiger partial charge in [0.2, 0.25) is 0 Å². The second-order valence-corrected chi connectivity index (χ2v) is 6.59. The predicted octanol–water partition coefficient (Wildman–Crippen LogP) is 5.40. The first-order valence-electron chi connectivity index (χ1n) is 8.36. The van der Waals surface area contributed by atoms with E-state index in [4.69, 9.17) is 16.6 Å². The molecular formula is C21H12ClFN4. The fraction of sp³-hybridized carbons (Fsp3) is 0. The van der Waals surface area contributed by atoms with Crippen LogP contribution in [0, 0.1) is 5.82 Å². The molecule has 3 aromatic carbocycles. The molecule has 0 saturated heterocycles. The van der Waals surface area contributed by atoms with Crippen LogP contribution in [-0.4, -0.2) is 19.6 Å². The van der Waals surface area contributed by atoms with Crippen LogP contribution >= 0.6 is 11.6 Å². The van der Waals surface area contributed by atoms with E-state index in [-0.39, 0.29) is 5.82 Å². The molecule has 0 aliphatic heterocycles. The topological polar surface area (TPSA) is 43.1 Å². The van der Waals surface area contributed by atoms with Crippen molar-refractivity contribution in [3.63, 3.8) is 0 Å². The van der Waals surface area contributed by atoms with Gasteiger partial charge < -0.3 is 0 Å². The minimum absolute atomic E-state index is 0.299. The Balaban J connectivity index is 1.91. The Morgan fingerprint density at radius 2 is 1.59 bits per heavy atom. The van der Waals surface area contributed by atoms with Crippen molar-refractivity contribution in [2.45, 2.75) is 0 Å². The summed E-state index contributed by atoms with van der Waals surface area (Å²) in [5.41, 5.74) is 4.62. The quantitative estimate of drug-likeness (QED) is 0.415. The van der Waals surface area contributed by atoms with Gasteiger partial charge in [0.25, 0.3) is 0 Å². The number of halogens is 2. The molecule has 0 spiro atoms. The average molecular weight is 375 g/mol. The minimum atomic E-state index is -0.299. The number of nitrogens with zero attached hydrogens (tertiary/aromatic N) is 4. The normalized spacial score (nSPS) is 11.3. The molecule has 5 aromatic rings. The second kappa shape index (κ2) is 6.14. The highest BCUT2D eigenvalue weighted by molar-refractivity contribution is 6.31. The van der Waals surface area contributed by atoms with E-state index in [1.165, 1.54) is 12.1 Å². The number of benzene rings is 3. The van der Waals surface area contributed by atoms with Crippen LogP contribution in [0.2, 0.25) is 5.02 Å². The lowest BCUT2D eigenvalue weighted by Crippen LogP contribution is -1.98. The zero-order chi connectivity index (χ0) is 18.4. The molecule has 0 fully saturated rings. The fourth-order valence-electron chi connectivity index (χ4n) is 3.18. The first-order chi connectivity index (χ1) is 13.2. The highest BCUT2D eigenvalue weighted by Gasteiger charge is 2.17. The molecule has 0 unspecified atom stereocenters. The van der Waals surface area contributed by atoms with Gasteiger partial charge in [0.1, 0.15) is 11.5 Å². The molecule has 0 aliphatic carbocycles. The van der Waals surface area contributed by atoms with Crippen LogP contribution < -0.4 is 0 Å². The summed E-state index contributed by atoms with van der Waals surface area (Å²) in [4.78, 5) is 4.79. The Morgan fingerprint density at radius 3 is 2.37 bits per heavy atom. The minimum Gasteiger partial charge on any atom is -0.271 e. The molecule has 130 valence electrons. The monoisotopic (exact) mass is 374 g/mol. The molecule has 27 heavy (non-hydrogen) atoms. The molecule has 2 heterocycles. The summed E-state index contributed by atoms with van der Waals surface area (Å²) in [6, 6.07) is 21.5. The molecule has 2 aromatic heterocycles. The summed E-state index contributed by atoms with van der Waals surface area (Å²) in [5.74, 6) is 0.309. The van der Waals surface area contributed by atoms with Crippen molar-refractivity contribution >= 4 is 28.3 Å². The Hall–Kier alpha value is -3.31. The van der Waals surface area contributed by atoms with Gasteiger partial charge in [0.05, 0.1) is 11.0 Å². The lowest BCUT2D eigenvalue weighted by atomic mass is 10.1. The van der Waals surface area contributed by atoms with Gasteiger partial charge in [-0.05, 0) is 42.5 Å². The van der Waals surface area contributed by atoms with E-state index in [0.717, 1.165) is 27.9 Å². The molecule has 0 N–H and O–H groups in total. The SMILES string of the molecule is Fc1ccc(-c2nnc3c(-c4ccccc4)nc4ccc(Cl)cc4n23)cc1. The maximum atomic E-state index is 13.4. The molecule has 0 amide bonds. The lowest BCUT2D eigenvalue weighted by molar-refractivity contribution is 0.628. The first-order valence-corrected chi connectivity index (χ1v) is 8.74. The molecule has 0 aliphatic rings. The average Bonchev–Trinajstić information content (AvgIpc) is 3.14. The summed E-state index contributed by atoms with van der Waals surface area (Å²) in [6.45, 7) is 0. The Kier molecular flexibility index (Phi) is 3.62. The number of hydrogen-bond acceptors (Lipinski definition) is 3. The Bertz CT molecular complexity index is 1280. The van der Waals surface area contributed by atoms with E-state index < -0.39 is 0 Å². The molecule has 4 nitrogen and oxygen atoms in total. The Morgan fingerprint density at radius 1 is 0.815 bits per heavy atom. The van der Waals surface area contributed by atoms with Crippen molar-refractivity contribution in [1.29, 1.82) is 0 Å².